The highest BCUT2D eigenvalue weighted by Crippen LogP contribution is 2.30. The average Bonchev–Trinajstić information content (AvgIpc) is 2.67. The van der Waals surface area contributed by atoms with E-state index < -0.39 is 0 Å². The van der Waals surface area contributed by atoms with E-state index in [-0.39, 0.29) is 5.41 Å². The molecule has 2 rings (SSSR count). The molecule has 0 bridgehead atoms. The number of aromatic nitrogens is 2. The normalized spacial score (nSPS) is 11.6. The number of pyridine rings is 1. The van der Waals surface area contributed by atoms with E-state index in [2.05, 4.69) is 24.0 Å². The summed E-state index contributed by atoms with van der Waals surface area (Å²) in [5.74, 6) is 0.340. The zero-order valence-corrected chi connectivity index (χ0v) is 8.77. The molecule has 0 aromatic carbocycles. The van der Waals surface area contributed by atoms with Gasteiger partial charge in [-0.25, -0.2) is 0 Å². The van der Waals surface area contributed by atoms with Gasteiger partial charge < -0.3 is 10.3 Å². The Hall–Kier alpha value is -1.84. The van der Waals surface area contributed by atoms with Crippen LogP contribution in [0.15, 0.2) is 35.1 Å². The Labute approximate surface area is 88.1 Å². The molecule has 0 spiro atoms. The summed E-state index contributed by atoms with van der Waals surface area (Å²) < 4.78 is 4.88. The summed E-state index contributed by atoms with van der Waals surface area (Å²) in [5, 5.41) is 3.94. The minimum Gasteiger partial charge on any atom is -0.368 e. The molecular weight excluding hydrogens is 190 g/mol. The minimum atomic E-state index is -0.218. The number of nitrogen functional groups attached to an aromatic ring is 1. The Morgan fingerprint density at radius 1 is 1.27 bits per heavy atom. The van der Waals surface area contributed by atoms with Crippen molar-refractivity contribution < 1.29 is 4.52 Å². The molecule has 0 radical (unpaired) electrons. The highest BCUT2D eigenvalue weighted by molar-refractivity contribution is 5.36. The molecule has 0 atom stereocenters. The smallest absolute Gasteiger partial charge is 0.222 e. The summed E-state index contributed by atoms with van der Waals surface area (Å²) in [4.78, 5) is 3.99. The van der Waals surface area contributed by atoms with Gasteiger partial charge in [-0.15, -0.1) is 0 Å². The average molecular weight is 203 g/mol. The summed E-state index contributed by atoms with van der Waals surface area (Å²) >= 11 is 0. The number of hydrogen-bond acceptors (Lipinski definition) is 4. The summed E-state index contributed by atoms with van der Waals surface area (Å²) in [6, 6.07) is 5.68. The van der Waals surface area contributed by atoms with Gasteiger partial charge in [0.1, 0.15) is 0 Å². The molecule has 0 saturated carbocycles. The lowest BCUT2D eigenvalue weighted by Gasteiger charge is -2.21. The van der Waals surface area contributed by atoms with Crippen LogP contribution in [-0.4, -0.2) is 10.1 Å². The van der Waals surface area contributed by atoms with Gasteiger partial charge in [-0.1, -0.05) is 19.0 Å². The number of hydrogen-bond donors (Lipinski definition) is 1. The van der Waals surface area contributed by atoms with Gasteiger partial charge in [0.15, 0.2) is 0 Å². The fourth-order valence-electron chi connectivity index (χ4n) is 1.50. The summed E-state index contributed by atoms with van der Waals surface area (Å²) in [6.07, 6.45) is 3.53. The fraction of sp³-hybridized carbons (Fsp3) is 0.273. The molecule has 0 aliphatic rings. The molecule has 2 N–H and O–H groups in total. The molecule has 15 heavy (non-hydrogen) atoms. The molecule has 0 aliphatic carbocycles. The predicted molar refractivity (Wildman–Crippen MR) is 57.3 cm³/mol. The molecule has 2 aromatic rings. The molecule has 78 valence electrons. The maximum absolute atomic E-state index is 5.51. The fourth-order valence-corrected chi connectivity index (χ4v) is 1.50. The molecule has 0 saturated heterocycles. The molecule has 4 heteroatoms. The number of rotatable bonds is 2. The number of nitrogens with two attached hydrogens (primary N) is 1. The first-order valence-corrected chi connectivity index (χ1v) is 4.74. The van der Waals surface area contributed by atoms with Crippen molar-refractivity contribution in [3.63, 3.8) is 0 Å². The molecule has 0 fully saturated rings. The molecule has 2 heterocycles. The van der Waals surface area contributed by atoms with Crippen LogP contribution in [0.4, 0.5) is 5.88 Å². The highest BCUT2D eigenvalue weighted by atomic mass is 16.5. The number of nitrogens with zero attached hydrogens (tertiary/aromatic N) is 2. The third kappa shape index (κ3) is 1.70. The van der Waals surface area contributed by atoms with E-state index in [1.165, 1.54) is 0 Å². The van der Waals surface area contributed by atoms with Crippen molar-refractivity contribution in [2.75, 3.05) is 5.73 Å². The van der Waals surface area contributed by atoms with E-state index in [0.29, 0.717) is 5.88 Å². The lowest BCUT2D eigenvalue weighted by atomic mass is 9.82. The first-order chi connectivity index (χ1) is 7.10. The lowest BCUT2D eigenvalue weighted by Crippen LogP contribution is -2.19. The van der Waals surface area contributed by atoms with Crippen LogP contribution in [0, 0.1) is 0 Å². The van der Waals surface area contributed by atoms with Crippen molar-refractivity contribution in [1.82, 2.24) is 10.1 Å². The van der Waals surface area contributed by atoms with E-state index in [0.717, 1.165) is 11.3 Å². The van der Waals surface area contributed by atoms with Gasteiger partial charge in [-0.2, -0.15) is 0 Å². The molecular formula is C11H13N3O. The Balaban J connectivity index is 2.43. The molecule has 4 nitrogen and oxygen atoms in total. The van der Waals surface area contributed by atoms with Crippen LogP contribution < -0.4 is 5.73 Å². The van der Waals surface area contributed by atoms with E-state index in [4.69, 9.17) is 10.3 Å². The Kier molecular flexibility index (Phi) is 2.19. The van der Waals surface area contributed by atoms with E-state index in [1.807, 2.05) is 12.1 Å². The lowest BCUT2D eigenvalue weighted by molar-refractivity contribution is 0.411. The standard InChI is InChI=1S/C11H13N3O/c1-11(2,8-3-5-13-6-4-8)9-7-10(12)15-14-9/h3-7H,12H2,1-2H3. The summed E-state index contributed by atoms with van der Waals surface area (Å²) in [7, 11) is 0. The van der Waals surface area contributed by atoms with Crippen LogP contribution in [0.2, 0.25) is 0 Å². The first kappa shape index (κ1) is 9.71. The van der Waals surface area contributed by atoms with Gasteiger partial charge in [0.05, 0.1) is 5.69 Å². The van der Waals surface area contributed by atoms with Gasteiger partial charge in [-0.3, -0.25) is 4.98 Å². The zero-order valence-electron chi connectivity index (χ0n) is 8.77. The molecule has 0 amide bonds. The maximum atomic E-state index is 5.51. The van der Waals surface area contributed by atoms with E-state index in [1.54, 1.807) is 18.5 Å². The second-order valence-corrected chi connectivity index (χ2v) is 3.98. The van der Waals surface area contributed by atoms with Crippen molar-refractivity contribution in [1.29, 1.82) is 0 Å². The van der Waals surface area contributed by atoms with Crippen LogP contribution >= 0.6 is 0 Å². The topological polar surface area (TPSA) is 64.9 Å². The Morgan fingerprint density at radius 3 is 2.47 bits per heavy atom. The van der Waals surface area contributed by atoms with Crippen LogP contribution in [0.5, 0.6) is 0 Å². The van der Waals surface area contributed by atoms with Crippen molar-refractivity contribution >= 4 is 5.88 Å². The van der Waals surface area contributed by atoms with Crippen molar-refractivity contribution in [2.24, 2.45) is 0 Å². The third-order valence-corrected chi connectivity index (χ3v) is 2.57. The summed E-state index contributed by atoms with van der Waals surface area (Å²) in [5.41, 5.74) is 7.25. The molecule has 2 aromatic heterocycles. The maximum Gasteiger partial charge on any atom is 0.222 e. The first-order valence-electron chi connectivity index (χ1n) is 4.74. The number of anilines is 1. The minimum absolute atomic E-state index is 0.218. The predicted octanol–water partition coefficient (Wildman–Crippen LogP) is 1.98. The van der Waals surface area contributed by atoms with E-state index in [9.17, 15) is 0 Å². The van der Waals surface area contributed by atoms with Crippen molar-refractivity contribution in [3.05, 3.63) is 41.9 Å². The molecule has 0 unspecified atom stereocenters. The van der Waals surface area contributed by atoms with E-state index >= 15 is 0 Å². The highest BCUT2D eigenvalue weighted by Gasteiger charge is 2.26. The Morgan fingerprint density at radius 2 is 1.93 bits per heavy atom. The van der Waals surface area contributed by atoms with Gasteiger partial charge in [0, 0.05) is 23.9 Å². The van der Waals surface area contributed by atoms with Gasteiger partial charge in [0.25, 0.3) is 0 Å². The zero-order chi connectivity index (χ0) is 10.9. The quantitative estimate of drug-likeness (QED) is 0.810. The monoisotopic (exact) mass is 203 g/mol. The Bertz CT molecular complexity index is 448. The van der Waals surface area contributed by atoms with Crippen LogP contribution in [0.3, 0.4) is 0 Å². The third-order valence-electron chi connectivity index (χ3n) is 2.57. The van der Waals surface area contributed by atoms with Crippen LogP contribution in [-0.2, 0) is 5.41 Å². The van der Waals surface area contributed by atoms with Crippen molar-refractivity contribution in [2.45, 2.75) is 19.3 Å². The summed E-state index contributed by atoms with van der Waals surface area (Å²) in [6.45, 7) is 4.14. The van der Waals surface area contributed by atoms with Crippen LogP contribution in [0.1, 0.15) is 25.1 Å². The molecule has 0 aliphatic heterocycles. The second-order valence-electron chi connectivity index (χ2n) is 3.98. The van der Waals surface area contributed by atoms with Crippen molar-refractivity contribution in [3.8, 4) is 0 Å². The van der Waals surface area contributed by atoms with Gasteiger partial charge >= 0.3 is 0 Å². The van der Waals surface area contributed by atoms with Crippen LogP contribution in [0.25, 0.3) is 0 Å². The van der Waals surface area contributed by atoms with Gasteiger partial charge in [-0.05, 0) is 17.7 Å². The van der Waals surface area contributed by atoms with Gasteiger partial charge in [0.2, 0.25) is 5.88 Å². The second kappa shape index (κ2) is 3.38. The SMILES string of the molecule is CC(C)(c1ccncc1)c1cc(N)on1. The largest absolute Gasteiger partial charge is 0.368 e.